The highest BCUT2D eigenvalue weighted by Crippen LogP contribution is 2.41. The molecule has 7 nitrogen and oxygen atoms in total. The van der Waals surface area contributed by atoms with E-state index < -0.39 is 17.2 Å². The molecule has 0 spiro atoms. The van der Waals surface area contributed by atoms with E-state index in [-0.39, 0.29) is 41.0 Å². The minimum absolute atomic E-state index is 0. The van der Waals surface area contributed by atoms with Crippen molar-refractivity contribution in [2.75, 3.05) is 22.7 Å². The number of nitrogens with zero attached hydrogens (tertiary/aromatic N) is 1. The Balaban J connectivity index is 0. The molecule has 3 rings (SSSR count). The first-order chi connectivity index (χ1) is 12.0. The van der Waals surface area contributed by atoms with Gasteiger partial charge in [-0.3, -0.25) is 4.21 Å². The van der Waals surface area contributed by atoms with Crippen molar-refractivity contribution in [3.8, 4) is 11.5 Å². The zero-order chi connectivity index (χ0) is 17.8. The van der Waals surface area contributed by atoms with Gasteiger partial charge in [-0.15, -0.1) is 0 Å². The highest BCUT2D eigenvalue weighted by atomic mass is 32.2. The Hall–Kier alpha value is -2.58. The zero-order valence-electron chi connectivity index (χ0n) is 13.3. The monoisotopic (exact) mass is 425 g/mol. The number of carboxylic acids is 1. The summed E-state index contributed by atoms with van der Waals surface area (Å²) in [5, 5.41) is 9.35. The van der Waals surface area contributed by atoms with Gasteiger partial charge >= 0.3 is 5.97 Å². The van der Waals surface area contributed by atoms with Crippen molar-refractivity contribution in [2.24, 2.45) is 0 Å². The number of anilines is 2. The Morgan fingerprint density at radius 3 is 2.17 bits per heavy atom. The fourth-order valence-corrected chi connectivity index (χ4v) is 3.14. The van der Waals surface area contributed by atoms with Crippen LogP contribution in [0.15, 0.2) is 42.5 Å². The molecule has 0 saturated carbocycles. The molecule has 0 aromatic heterocycles. The number of carboxylic acid groups (broad SMARTS) is 1. The van der Waals surface area contributed by atoms with Crippen molar-refractivity contribution in [1.29, 1.82) is 0 Å². The Morgan fingerprint density at radius 1 is 1.07 bits per heavy atom. The summed E-state index contributed by atoms with van der Waals surface area (Å²) in [6.07, 6.45) is 1.97. The molecule has 8 heteroatoms. The summed E-state index contributed by atoms with van der Waals surface area (Å²) in [6.45, 7) is 1.52. The van der Waals surface area contributed by atoms with E-state index in [9.17, 15) is 18.7 Å². The summed E-state index contributed by atoms with van der Waals surface area (Å²) in [6, 6.07) is 11.7. The molecule has 0 aliphatic carbocycles. The number of nitrogens with one attached hydrogen (secondary N) is 1. The van der Waals surface area contributed by atoms with Crippen LogP contribution in [0.4, 0.5) is 11.4 Å². The number of ether oxygens (including phenoxy) is 1. The van der Waals surface area contributed by atoms with Gasteiger partial charge in [0.1, 0.15) is 5.75 Å². The molecule has 0 bridgehead atoms. The SMILES string of the molecule is C.C.C.C.O=C(O)c1cc(NS(=O)[O-])c(Oc2ccccc2)c(N2CCCC2)c1. The van der Waals surface area contributed by atoms with E-state index in [1.54, 1.807) is 24.3 Å². The van der Waals surface area contributed by atoms with Crippen LogP contribution in [0.1, 0.15) is 52.9 Å². The molecule has 164 valence electrons. The molecule has 0 amide bonds. The van der Waals surface area contributed by atoms with Crippen molar-refractivity contribution < 1.29 is 23.4 Å². The first kappa shape index (κ1) is 28.6. The molecule has 29 heavy (non-hydrogen) atoms. The highest BCUT2D eigenvalue weighted by Gasteiger charge is 2.23. The van der Waals surface area contributed by atoms with E-state index in [0.29, 0.717) is 17.2 Å². The van der Waals surface area contributed by atoms with E-state index in [2.05, 4.69) is 4.72 Å². The van der Waals surface area contributed by atoms with Crippen LogP contribution in [0.25, 0.3) is 0 Å². The fraction of sp³-hybridized carbons (Fsp3) is 0.381. The predicted octanol–water partition coefficient (Wildman–Crippen LogP) is 5.53. The smallest absolute Gasteiger partial charge is 0.335 e. The van der Waals surface area contributed by atoms with Gasteiger partial charge < -0.3 is 24.0 Å². The molecule has 1 atom stereocenters. The number of para-hydroxylation sites is 1. The summed E-state index contributed by atoms with van der Waals surface area (Å²) in [5.74, 6) is -0.306. The van der Waals surface area contributed by atoms with Crippen molar-refractivity contribution in [2.45, 2.75) is 42.5 Å². The van der Waals surface area contributed by atoms with Crippen LogP contribution in [0.3, 0.4) is 0 Å². The van der Waals surface area contributed by atoms with E-state index >= 15 is 0 Å². The van der Waals surface area contributed by atoms with E-state index in [1.807, 2.05) is 11.0 Å². The Labute approximate surface area is 177 Å². The summed E-state index contributed by atoms with van der Waals surface area (Å²) in [7, 11) is 0. The lowest BCUT2D eigenvalue weighted by atomic mass is 10.1. The van der Waals surface area contributed by atoms with Gasteiger partial charge in [0.2, 0.25) is 0 Å². The third kappa shape index (κ3) is 7.07. The third-order valence-electron chi connectivity index (χ3n) is 3.92. The fourth-order valence-electron chi connectivity index (χ4n) is 2.81. The molecule has 1 aliphatic heterocycles. The van der Waals surface area contributed by atoms with Crippen LogP contribution in [0.2, 0.25) is 0 Å². The number of benzene rings is 2. The minimum atomic E-state index is -2.61. The van der Waals surface area contributed by atoms with Crippen LogP contribution in [-0.4, -0.2) is 32.9 Å². The van der Waals surface area contributed by atoms with Crippen molar-refractivity contribution >= 4 is 28.6 Å². The Bertz CT molecular complexity index is 793. The zero-order valence-corrected chi connectivity index (χ0v) is 14.1. The number of hydrogen-bond acceptors (Lipinski definition) is 5. The molecule has 1 unspecified atom stereocenters. The first-order valence-corrected chi connectivity index (χ1v) is 8.87. The first-order valence-electron chi connectivity index (χ1n) is 7.79. The van der Waals surface area contributed by atoms with Crippen LogP contribution in [-0.2, 0) is 11.3 Å². The lowest BCUT2D eigenvalue weighted by molar-refractivity contribution is 0.0697. The van der Waals surface area contributed by atoms with Gasteiger partial charge in [-0.2, -0.15) is 0 Å². The summed E-state index contributed by atoms with van der Waals surface area (Å²) >= 11 is -2.61. The van der Waals surface area contributed by atoms with Crippen LogP contribution >= 0.6 is 0 Å². The second-order valence-electron chi connectivity index (χ2n) is 5.62. The topological polar surface area (TPSA) is 102 Å². The molecule has 2 N–H and O–H groups in total. The number of aromatic carboxylic acids is 1. The molecule has 0 radical (unpaired) electrons. The maximum atomic E-state index is 11.4. The molecular formula is C21H33N2O5S-. The standard InChI is InChI=1S/C17H18N2O5S.4CH4/c20-17(21)12-10-14(18-25(22)23)16(24-13-6-2-1-3-7-13)15(11-12)19-8-4-5-9-19;;;;/h1-3,6-7,10-11,18H,4-5,8-9H2,(H,20,21)(H,22,23);4*1H4/p-1. The molecule has 1 aliphatic rings. The molecular weight excluding hydrogens is 392 g/mol. The van der Waals surface area contributed by atoms with Crippen LogP contribution < -0.4 is 14.4 Å². The maximum Gasteiger partial charge on any atom is 0.335 e. The molecule has 1 heterocycles. The predicted molar refractivity (Wildman–Crippen MR) is 121 cm³/mol. The van der Waals surface area contributed by atoms with E-state index in [0.717, 1.165) is 25.9 Å². The number of carbonyl (C=O) groups is 1. The largest absolute Gasteiger partial charge is 0.755 e. The van der Waals surface area contributed by atoms with Crippen molar-refractivity contribution in [1.82, 2.24) is 0 Å². The minimum Gasteiger partial charge on any atom is -0.755 e. The summed E-state index contributed by atoms with van der Waals surface area (Å²) in [4.78, 5) is 13.4. The number of rotatable bonds is 6. The molecule has 2 aromatic rings. The molecule has 2 aromatic carbocycles. The second-order valence-corrected chi connectivity index (χ2v) is 6.30. The van der Waals surface area contributed by atoms with E-state index in [1.165, 1.54) is 12.1 Å². The summed E-state index contributed by atoms with van der Waals surface area (Å²) < 4.78 is 30.5. The maximum absolute atomic E-state index is 11.4. The van der Waals surface area contributed by atoms with Gasteiger partial charge in [-0.1, -0.05) is 47.9 Å². The van der Waals surface area contributed by atoms with E-state index in [4.69, 9.17) is 4.74 Å². The number of hydrogen-bond donors (Lipinski definition) is 2. The normalized spacial score (nSPS) is 12.9. The van der Waals surface area contributed by atoms with Crippen LogP contribution in [0, 0.1) is 0 Å². The molecule has 1 saturated heterocycles. The van der Waals surface area contributed by atoms with Gasteiger partial charge in [0.25, 0.3) is 0 Å². The third-order valence-corrected chi connectivity index (χ3v) is 4.31. The van der Waals surface area contributed by atoms with Gasteiger partial charge in [0.05, 0.1) is 16.9 Å². The lowest BCUT2D eigenvalue weighted by Gasteiger charge is -2.24. The van der Waals surface area contributed by atoms with Gasteiger partial charge in [-0.05, 0) is 37.1 Å². The van der Waals surface area contributed by atoms with Crippen LogP contribution in [0.5, 0.6) is 11.5 Å². The second kappa shape index (κ2) is 12.8. The van der Waals surface area contributed by atoms with Gasteiger partial charge in [0.15, 0.2) is 5.75 Å². The quantitative estimate of drug-likeness (QED) is 0.590. The summed E-state index contributed by atoms with van der Waals surface area (Å²) in [5.41, 5.74) is 0.656. The lowest BCUT2D eigenvalue weighted by Crippen LogP contribution is -2.20. The Kier molecular flexibility index (Phi) is 12.6. The highest BCUT2D eigenvalue weighted by molar-refractivity contribution is 7.80. The van der Waals surface area contributed by atoms with Crippen molar-refractivity contribution in [3.05, 3.63) is 48.0 Å². The molecule has 1 fully saturated rings. The van der Waals surface area contributed by atoms with Gasteiger partial charge in [-0.25, -0.2) is 4.79 Å². The Morgan fingerprint density at radius 2 is 1.66 bits per heavy atom. The average Bonchev–Trinajstić information content (AvgIpc) is 3.11. The average molecular weight is 426 g/mol. The van der Waals surface area contributed by atoms with Crippen molar-refractivity contribution in [3.63, 3.8) is 0 Å². The van der Waals surface area contributed by atoms with Gasteiger partial charge in [0, 0.05) is 24.4 Å².